The molecule has 0 aromatic heterocycles. The maximum Gasteiger partial charge on any atom is 0.251 e. The van der Waals surface area contributed by atoms with Crippen molar-refractivity contribution in [2.75, 3.05) is 13.2 Å². The summed E-state index contributed by atoms with van der Waals surface area (Å²) >= 11 is 0. The van der Waals surface area contributed by atoms with Gasteiger partial charge in [-0.15, -0.1) is 12.4 Å². The Morgan fingerprint density at radius 2 is 2.04 bits per heavy atom. The molecule has 1 saturated carbocycles. The topological polar surface area (TPSA) is 64.3 Å². The van der Waals surface area contributed by atoms with Crippen LogP contribution in [0, 0.1) is 0 Å². The first kappa shape index (κ1) is 20.5. The third-order valence-corrected chi connectivity index (χ3v) is 4.17. The molecule has 0 atom stereocenters. The molecule has 1 aliphatic rings. The summed E-state index contributed by atoms with van der Waals surface area (Å²) < 4.78 is 19.0. The van der Waals surface area contributed by atoms with Gasteiger partial charge in [0.15, 0.2) is 0 Å². The number of nitrogens with two attached hydrogens (primary N) is 1. The molecular weight excluding hydrogens is 331 g/mol. The summed E-state index contributed by atoms with van der Waals surface area (Å²) in [5, 5.41) is 3.06. The second kappa shape index (κ2) is 10.3. The average molecular weight is 357 g/mol. The number of hydrogen-bond donors (Lipinski definition) is 2. The lowest BCUT2D eigenvalue weighted by Crippen LogP contribution is -2.36. The minimum atomic E-state index is -0.371. The van der Waals surface area contributed by atoms with Crippen LogP contribution in [0.25, 0.3) is 0 Å². The lowest BCUT2D eigenvalue weighted by atomic mass is 9.95. The molecule has 4 nitrogen and oxygen atoms in total. The third-order valence-electron chi connectivity index (χ3n) is 4.17. The number of nitrogens with one attached hydrogen (secondary N) is 1. The van der Waals surface area contributed by atoms with Gasteiger partial charge in [-0.2, -0.15) is 0 Å². The highest BCUT2D eigenvalue weighted by Gasteiger charge is 2.16. The fourth-order valence-corrected chi connectivity index (χ4v) is 2.62. The van der Waals surface area contributed by atoms with Crippen molar-refractivity contribution in [3.05, 3.63) is 41.2 Å². The number of carbonyl (C=O) groups excluding carboxylic acids is 1. The number of carbonyl (C=O) groups is 1. The van der Waals surface area contributed by atoms with E-state index in [1.54, 1.807) is 31.2 Å². The molecular formula is C18H26ClFN2O2. The van der Waals surface area contributed by atoms with Crippen LogP contribution in [0.15, 0.2) is 35.7 Å². The Labute approximate surface area is 149 Å². The standard InChI is InChI=1S/C18H25FN2O2.ClH/c1-13(11-20)17(19)12-23-16-9-5-6-14(10-16)18(22)21-15-7-3-2-4-8-15;/h5-6,9-10,15H,2-4,7-8,11-12,20H2,1H3,(H,21,22);1H. The van der Waals surface area contributed by atoms with E-state index < -0.39 is 0 Å². The van der Waals surface area contributed by atoms with Crippen LogP contribution in [-0.4, -0.2) is 25.1 Å². The predicted molar refractivity (Wildman–Crippen MR) is 96.4 cm³/mol. The van der Waals surface area contributed by atoms with Crippen LogP contribution >= 0.6 is 12.4 Å². The van der Waals surface area contributed by atoms with E-state index in [-0.39, 0.29) is 43.3 Å². The molecule has 0 aliphatic heterocycles. The monoisotopic (exact) mass is 356 g/mol. The number of benzene rings is 1. The quantitative estimate of drug-likeness (QED) is 0.815. The van der Waals surface area contributed by atoms with Crippen molar-refractivity contribution >= 4 is 18.3 Å². The fourth-order valence-electron chi connectivity index (χ4n) is 2.62. The molecule has 134 valence electrons. The van der Waals surface area contributed by atoms with Crippen molar-refractivity contribution in [1.29, 1.82) is 0 Å². The highest BCUT2D eigenvalue weighted by molar-refractivity contribution is 5.94. The Hall–Kier alpha value is -1.59. The first-order valence-electron chi connectivity index (χ1n) is 8.18. The van der Waals surface area contributed by atoms with Crippen molar-refractivity contribution in [2.45, 2.75) is 45.1 Å². The Morgan fingerprint density at radius 1 is 1.33 bits per heavy atom. The molecule has 1 fully saturated rings. The lowest BCUT2D eigenvalue weighted by molar-refractivity contribution is 0.0927. The van der Waals surface area contributed by atoms with Gasteiger partial charge in [-0.25, -0.2) is 4.39 Å². The highest BCUT2D eigenvalue weighted by atomic mass is 35.5. The van der Waals surface area contributed by atoms with E-state index in [2.05, 4.69) is 5.32 Å². The molecule has 1 amide bonds. The summed E-state index contributed by atoms with van der Waals surface area (Å²) in [6.07, 6.45) is 5.66. The molecule has 2 rings (SSSR count). The van der Waals surface area contributed by atoms with Gasteiger partial charge >= 0.3 is 0 Å². The smallest absolute Gasteiger partial charge is 0.251 e. The molecule has 6 heteroatoms. The van der Waals surface area contributed by atoms with Gasteiger partial charge in [0.2, 0.25) is 0 Å². The van der Waals surface area contributed by atoms with Gasteiger partial charge < -0.3 is 15.8 Å². The van der Waals surface area contributed by atoms with E-state index in [1.807, 2.05) is 0 Å². The molecule has 1 aliphatic carbocycles. The molecule has 0 bridgehead atoms. The van der Waals surface area contributed by atoms with Crippen molar-refractivity contribution < 1.29 is 13.9 Å². The van der Waals surface area contributed by atoms with E-state index in [0.717, 1.165) is 12.8 Å². The fraction of sp³-hybridized carbons (Fsp3) is 0.500. The zero-order valence-corrected chi connectivity index (χ0v) is 14.8. The van der Waals surface area contributed by atoms with Crippen molar-refractivity contribution in [1.82, 2.24) is 5.32 Å². The Kier molecular flexibility index (Phi) is 8.79. The van der Waals surface area contributed by atoms with E-state index in [4.69, 9.17) is 10.5 Å². The largest absolute Gasteiger partial charge is 0.486 e. The second-order valence-electron chi connectivity index (χ2n) is 6.01. The number of hydrogen-bond acceptors (Lipinski definition) is 3. The van der Waals surface area contributed by atoms with Crippen LogP contribution in [0.5, 0.6) is 5.75 Å². The van der Waals surface area contributed by atoms with Crippen molar-refractivity contribution in [3.8, 4) is 5.75 Å². The summed E-state index contributed by atoms with van der Waals surface area (Å²) in [6.45, 7) is 1.63. The minimum Gasteiger partial charge on any atom is -0.486 e. The first-order chi connectivity index (χ1) is 11.1. The second-order valence-corrected chi connectivity index (χ2v) is 6.01. The molecule has 0 radical (unpaired) electrons. The molecule has 0 heterocycles. The van der Waals surface area contributed by atoms with Gasteiger partial charge in [0.1, 0.15) is 18.2 Å². The lowest BCUT2D eigenvalue weighted by Gasteiger charge is -2.22. The summed E-state index contributed by atoms with van der Waals surface area (Å²) in [5.74, 6) is 0.00216. The van der Waals surface area contributed by atoms with Gasteiger partial charge in [0, 0.05) is 18.2 Å². The van der Waals surface area contributed by atoms with Gasteiger partial charge in [-0.05, 0) is 43.5 Å². The SMILES string of the molecule is CC(CN)=C(F)COc1cccc(C(=O)NC2CCCCC2)c1.Cl. The van der Waals surface area contributed by atoms with E-state index in [9.17, 15) is 9.18 Å². The zero-order chi connectivity index (χ0) is 16.7. The number of ether oxygens (including phenoxy) is 1. The van der Waals surface area contributed by atoms with Crippen molar-refractivity contribution in [3.63, 3.8) is 0 Å². The first-order valence-corrected chi connectivity index (χ1v) is 8.18. The van der Waals surface area contributed by atoms with Gasteiger partial charge in [-0.3, -0.25) is 4.79 Å². The maximum atomic E-state index is 13.6. The normalized spacial score (nSPS) is 16.0. The summed E-state index contributed by atoms with van der Waals surface area (Å²) in [6, 6.07) is 7.09. The highest BCUT2D eigenvalue weighted by Crippen LogP contribution is 2.19. The number of halogens is 2. The summed E-state index contributed by atoms with van der Waals surface area (Å²) in [4.78, 5) is 12.3. The Bertz CT molecular complexity index is 572. The molecule has 3 N–H and O–H groups in total. The summed E-state index contributed by atoms with van der Waals surface area (Å²) in [7, 11) is 0. The van der Waals surface area contributed by atoms with Gasteiger partial charge in [0.05, 0.1) is 0 Å². The molecule has 1 aromatic rings. The Balaban J connectivity index is 0.00000288. The van der Waals surface area contributed by atoms with E-state index >= 15 is 0 Å². The molecule has 0 saturated heterocycles. The average Bonchev–Trinajstić information content (AvgIpc) is 2.60. The molecule has 0 unspecified atom stereocenters. The van der Waals surface area contributed by atoms with Crippen LogP contribution < -0.4 is 15.8 Å². The van der Waals surface area contributed by atoms with Gasteiger partial charge in [0.25, 0.3) is 5.91 Å². The molecule has 24 heavy (non-hydrogen) atoms. The number of amides is 1. The number of rotatable bonds is 6. The minimum absolute atomic E-state index is 0. The zero-order valence-electron chi connectivity index (χ0n) is 14.0. The van der Waals surface area contributed by atoms with Crippen LogP contribution in [-0.2, 0) is 0 Å². The van der Waals surface area contributed by atoms with E-state index in [0.29, 0.717) is 16.9 Å². The Morgan fingerprint density at radius 3 is 2.71 bits per heavy atom. The molecule has 1 aromatic carbocycles. The van der Waals surface area contributed by atoms with Crippen LogP contribution in [0.2, 0.25) is 0 Å². The predicted octanol–water partition coefficient (Wildman–Crippen LogP) is 3.75. The van der Waals surface area contributed by atoms with E-state index in [1.165, 1.54) is 19.3 Å². The maximum absolute atomic E-state index is 13.6. The summed E-state index contributed by atoms with van der Waals surface area (Å²) in [5.41, 5.74) is 6.39. The third kappa shape index (κ3) is 6.13. The van der Waals surface area contributed by atoms with Crippen LogP contribution in [0.1, 0.15) is 49.4 Å². The van der Waals surface area contributed by atoms with Crippen LogP contribution in [0.4, 0.5) is 4.39 Å². The molecule has 0 spiro atoms. The van der Waals surface area contributed by atoms with Gasteiger partial charge in [-0.1, -0.05) is 25.3 Å². The van der Waals surface area contributed by atoms with Crippen LogP contribution in [0.3, 0.4) is 0 Å². The van der Waals surface area contributed by atoms with Crippen molar-refractivity contribution in [2.24, 2.45) is 5.73 Å².